The molecule has 2 aromatic heterocycles. The first-order chi connectivity index (χ1) is 8.55. The van der Waals surface area contributed by atoms with E-state index in [2.05, 4.69) is 30.9 Å². The van der Waals surface area contributed by atoms with Gasteiger partial charge in [0.15, 0.2) is 5.65 Å². The highest BCUT2D eigenvalue weighted by Crippen LogP contribution is 2.20. The molecule has 0 radical (unpaired) electrons. The fourth-order valence-corrected chi connectivity index (χ4v) is 1.40. The Bertz CT molecular complexity index is 536. The number of fused-ring (bicyclic) bond motifs is 1. The van der Waals surface area contributed by atoms with Crippen molar-refractivity contribution in [1.82, 2.24) is 20.2 Å². The van der Waals surface area contributed by atoms with Gasteiger partial charge in [0.05, 0.1) is 17.2 Å². The van der Waals surface area contributed by atoms with E-state index in [9.17, 15) is 0 Å². The predicted octanol–water partition coefficient (Wildman–Crippen LogP) is 0.475. The zero-order chi connectivity index (χ0) is 13.2. The van der Waals surface area contributed by atoms with Crippen LogP contribution in [0.1, 0.15) is 13.8 Å². The summed E-state index contributed by atoms with van der Waals surface area (Å²) in [5, 5.41) is 10.7. The Morgan fingerprint density at radius 3 is 2.89 bits per heavy atom. The summed E-state index contributed by atoms with van der Waals surface area (Å²) in [5.74, 6) is 6.31. The monoisotopic (exact) mass is 251 g/mol. The molecule has 98 valence electrons. The van der Waals surface area contributed by atoms with Gasteiger partial charge in [-0.1, -0.05) is 0 Å². The van der Waals surface area contributed by atoms with Gasteiger partial charge in [0.1, 0.15) is 5.82 Å². The number of aromatic amines is 1. The molecule has 18 heavy (non-hydrogen) atoms. The van der Waals surface area contributed by atoms with Crippen LogP contribution < -0.4 is 16.6 Å². The van der Waals surface area contributed by atoms with Gasteiger partial charge in [-0.05, 0) is 13.8 Å². The highest BCUT2D eigenvalue weighted by Gasteiger charge is 2.17. The molecule has 0 atom stereocenters. The summed E-state index contributed by atoms with van der Waals surface area (Å²) in [6, 6.07) is 0. The molecule has 0 aliphatic carbocycles. The number of ether oxygens (including phenoxy) is 1. The molecule has 0 aliphatic rings. The molecule has 0 saturated carbocycles. The summed E-state index contributed by atoms with van der Waals surface area (Å²) in [6.07, 6.45) is 1.66. The second kappa shape index (κ2) is 4.75. The Balaban J connectivity index is 2.28. The third-order valence-electron chi connectivity index (χ3n) is 2.67. The number of hydrazine groups is 1. The lowest BCUT2D eigenvalue weighted by Crippen LogP contribution is -2.32. The van der Waals surface area contributed by atoms with Crippen LogP contribution in [0.2, 0.25) is 0 Å². The Morgan fingerprint density at radius 2 is 2.22 bits per heavy atom. The number of nitrogens with zero attached hydrogens (tertiary/aromatic N) is 3. The number of nitrogens with two attached hydrogens (primary N) is 1. The average molecular weight is 251 g/mol. The minimum absolute atomic E-state index is 0.294. The zero-order valence-corrected chi connectivity index (χ0v) is 10.6. The third kappa shape index (κ3) is 2.49. The van der Waals surface area contributed by atoms with Crippen molar-refractivity contribution in [2.24, 2.45) is 5.84 Å². The number of rotatable bonds is 5. The van der Waals surface area contributed by atoms with Gasteiger partial charge in [0.25, 0.3) is 0 Å². The van der Waals surface area contributed by atoms with Crippen LogP contribution >= 0.6 is 0 Å². The molecule has 5 N–H and O–H groups in total. The van der Waals surface area contributed by atoms with E-state index in [-0.39, 0.29) is 5.60 Å². The lowest BCUT2D eigenvalue weighted by atomic mass is 10.1. The molecule has 0 bridgehead atoms. The van der Waals surface area contributed by atoms with Gasteiger partial charge in [-0.3, -0.25) is 10.5 Å². The fourth-order valence-electron chi connectivity index (χ4n) is 1.40. The van der Waals surface area contributed by atoms with Crippen molar-refractivity contribution in [1.29, 1.82) is 0 Å². The van der Waals surface area contributed by atoms with Gasteiger partial charge in [-0.25, -0.2) is 5.84 Å². The van der Waals surface area contributed by atoms with Gasteiger partial charge in [0, 0.05) is 13.7 Å². The van der Waals surface area contributed by atoms with E-state index >= 15 is 0 Å². The maximum Gasteiger partial charge on any atom is 0.241 e. The minimum Gasteiger partial charge on any atom is -0.377 e. The maximum absolute atomic E-state index is 5.34. The molecular formula is C10H17N7O. The molecule has 8 heteroatoms. The number of hydrogen-bond acceptors (Lipinski definition) is 7. The van der Waals surface area contributed by atoms with Crippen LogP contribution in [-0.2, 0) is 4.74 Å². The molecule has 0 unspecified atom stereocenters. The standard InChI is InChI=1S/C10H17N7O/c1-10(2,18-3)5-12-7-6-4-13-17-8(6)15-9(14-7)16-11/h4H,5,11H2,1-3H3,(H3,12,13,14,15,16,17). The van der Waals surface area contributed by atoms with Crippen molar-refractivity contribution < 1.29 is 4.74 Å². The molecule has 2 heterocycles. The second-order valence-corrected chi connectivity index (χ2v) is 4.49. The van der Waals surface area contributed by atoms with E-state index in [0.717, 1.165) is 5.39 Å². The second-order valence-electron chi connectivity index (χ2n) is 4.49. The number of H-pyrrole nitrogens is 1. The van der Waals surface area contributed by atoms with Crippen molar-refractivity contribution in [2.75, 3.05) is 24.4 Å². The summed E-state index contributed by atoms with van der Waals surface area (Å²) in [5.41, 5.74) is 2.75. The third-order valence-corrected chi connectivity index (χ3v) is 2.67. The predicted molar refractivity (Wildman–Crippen MR) is 69.1 cm³/mol. The molecule has 0 aliphatic heterocycles. The number of nitrogens with one attached hydrogen (secondary N) is 3. The van der Waals surface area contributed by atoms with E-state index < -0.39 is 0 Å². The van der Waals surface area contributed by atoms with E-state index in [1.807, 2.05) is 13.8 Å². The molecule has 0 spiro atoms. The zero-order valence-electron chi connectivity index (χ0n) is 10.6. The molecule has 0 aromatic carbocycles. The highest BCUT2D eigenvalue weighted by atomic mass is 16.5. The van der Waals surface area contributed by atoms with Gasteiger partial charge in [-0.15, -0.1) is 0 Å². The maximum atomic E-state index is 5.34. The largest absolute Gasteiger partial charge is 0.377 e. The quantitative estimate of drug-likeness (QED) is 0.451. The van der Waals surface area contributed by atoms with Crippen LogP contribution in [0.15, 0.2) is 6.20 Å². The summed E-state index contributed by atoms with van der Waals surface area (Å²) in [4.78, 5) is 8.40. The van der Waals surface area contributed by atoms with Crippen molar-refractivity contribution in [3.05, 3.63) is 6.20 Å². The van der Waals surface area contributed by atoms with Crippen LogP contribution in [-0.4, -0.2) is 39.4 Å². The van der Waals surface area contributed by atoms with Gasteiger partial charge in [0.2, 0.25) is 5.95 Å². The Labute approximate surface area is 104 Å². The molecule has 0 saturated heterocycles. The molecule has 0 amide bonds. The van der Waals surface area contributed by atoms with Gasteiger partial charge >= 0.3 is 0 Å². The van der Waals surface area contributed by atoms with Crippen LogP contribution in [0.5, 0.6) is 0 Å². The Morgan fingerprint density at radius 1 is 1.44 bits per heavy atom. The van der Waals surface area contributed by atoms with Crippen molar-refractivity contribution >= 4 is 22.8 Å². The van der Waals surface area contributed by atoms with Crippen molar-refractivity contribution in [3.8, 4) is 0 Å². The summed E-state index contributed by atoms with van der Waals surface area (Å²) in [7, 11) is 1.67. The van der Waals surface area contributed by atoms with Crippen molar-refractivity contribution in [3.63, 3.8) is 0 Å². The SMILES string of the molecule is COC(C)(C)CNc1nc(NN)nc2[nH]ncc12. The molecule has 8 nitrogen and oxygen atoms in total. The number of methoxy groups -OCH3 is 1. The molecule has 0 fully saturated rings. The minimum atomic E-state index is -0.294. The molecule has 2 rings (SSSR count). The first-order valence-electron chi connectivity index (χ1n) is 5.52. The number of hydrogen-bond donors (Lipinski definition) is 4. The number of aromatic nitrogens is 4. The fraction of sp³-hybridized carbons (Fsp3) is 0.500. The summed E-state index contributed by atoms with van der Waals surface area (Å²) in [6.45, 7) is 4.57. The number of nitrogen functional groups attached to an aromatic ring is 1. The van der Waals surface area contributed by atoms with E-state index in [4.69, 9.17) is 10.6 Å². The normalized spacial score (nSPS) is 11.8. The highest BCUT2D eigenvalue weighted by molar-refractivity contribution is 5.86. The molecule has 2 aromatic rings. The van der Waals surface area contributed by atoms with Crippen LogP contribution in [0, 0.1) is 0 Å². The smallest absolute Gasteiger partial charge is 0.241 e. The first-order valence-corrected chi connectivity index (χ1v) is 5.52. The Hall–Kier alpha value is -1.93. The topological polar surface area (TPSA) is 114 Å². The van der Waals surface area contributed by atoms with Crippen molar-refractivity contribution in [2.45, 2.75) is 19.4 Å². The van der Waals surface area contributed by atoms with E-state index in [1.165, 1.54) is 0 Å². The van der Waals surface area contributed by atoms with Crippen LogP contribution in [0.25, 0.3) is 11.0 Å². The van der Waals surface area contributed by atoms with E-state index in [1.54, 1.807) is 13.3 Å². The number of anilines is 2. The summed E-state index contributed by atoms with van der Waals surface area (Å²) < 4.78 is 5.34. The lowest BCUT2D eigenvalue weighted by molar-refractivity contribution is 0.0343. The lowest BCUT2D eigenvalue weighted by Gasteiger charge is -2.23. The van der Waals surface area contributed by atoms with E-state index in [0.29, 0.717) is 24.0 Å². The van der Waals surface area contributed by atoms with Crippen LogP contribution in [0.3, 0.4) is 0 Å². The average Bonchev–Trinajstić information content (AvgIpc) is 2.84. The van der Waals surface area contributed by atoms with Gasteiger partial charge in [-0.2, -0.15) is 15.1 Å². The summed E-state index contributed by atoms with van der Waals surface area (Å²) >= 11 is 0. The first kappa shape index (κ1) is 12.5. The van der Waals surface area contributed by atoms with Crippen LogP contribution in [0.4, 0.5) is 11.8 Å². The molecular weight excluding hydrogens is 234 g/mol. The van der Waals surface area contributed by atoms with Gasteiger partial charge < -0.3 is 10.1 Å². The Kier molecular flexibility index (Phi) is 3.30.